The van der Waals surface area contributed by atoms with Crippen LogP contribution in [0.5, 0.6) is 5.75 Å². The van der Waals surface area contributed by atoms with Gasteiger partial charge < -0.3 is 15.0 Å². The molecule has 2 aromatic carbocycles. The molecule has 10 heteroatoms. The van der Waals surface area contributed by atoms with Crippen LogP contribution in [0.15, 0.2) is 48.5 Å². The van der Waals surface area contributed by atoms with Gasteiger partial charge in [0, 0.05) is 24.2 Å². The second-order valence-corrected chi connectivity index (χ2v) is 9.87. The zero-order valence-electron chi connectivity index (χ0n) is 19.2. The van der Waals surface area contributed by atoms with Gasteiger partial charge in [0.25, 0.3) is 0 Å². The summed E-state index contributed by atoms with van der Waals surface area (Å²) in [6.07, 6.45) is 1.77. The number of hydrogen-bond donors (Lipinski definition) is 1. The normalized spacial score (nSPS) is 12.0. The number of amides is 2. The van der Waals surface area contributed by atoms with Gasteiger partial charge in [-0.2, -0.15) is 0 Å². The van der Waals surface area contributed by atoms with E-state index in [1.54, 1.807) is 49.4 Å². The van der Waals surface area contributed by atoms with Crippen LogP contribution in [0.4, 0.5) is 5.69 Å². The average molecular weight is 496 g/mol. The quantitative estimate of drug-likeness (QED) is 0.517. The SMILES string of the molecule is CCCNC(=O)[C@H](C)N(Cc1ccccc1Cl)C(=O)CN(c1cccc(OC)c1)S(C)(=O)=O. The molecular formula is C23H30ClN3O5S. The number of carbonyl (C=O) groups excluding carboxylic acids is 2. The van der Waals surface area contributed by atoms with Crippen molar-refractivity contribution in [1.29, 1.82) is 0 Å². The number of nitrogens with zero attached hydrogens (tertiary/aromatic N) is 2. The van der Waals surface area contributed by atoms with Crippen LogP contribution in [0.2, 0.25) is 5.02 Å². The topological polar surface area (TPSA) is 96.0 Å². The van der Waals surface area contributed by atoms with E-state index in [0.29, 0.717) is 22.9 Å². The number of rotatable bonds is 11. The van der Waals surface area contributed by atoms with E-state index >= 15 is 0 Å². The number of anilines is 1. The van der Waals surface area contributed by atoms with Gasteiger partial charge in [0.2, 0.25) is 21.8 Å². The second kappa shape index (κ2) is 11.9. The summed E-state index contributed by atoms with van der Waals surface area (Å²) in [5.74, 6) is -0.416. The second-order valence-electron chi connectivity index (χ2n) is 7.55. The molecule has 0 fully saturated rings. The fourth-order valence-electron chi connectivity index (χ4n) is 3.17. The summed E-state index contributed by atoms with van der Waals surface area (Å²) >= 11 is 6.29. The predicted molar refractivity (Wildman–Crippen MR) is 130 cm³/mol. The minimum Gasteiger partial charge on any atom is -0.497 e. The third kappa shape index (κ3) is 7.36. The molecule has 180 valence electrons. The first-order chi connectivity index (χ1) is 15.6. The predicted octanol–water partition coefficient (Wildman–Crippen LogP) is 3.06. The van der Waals surface area contributed by atoms with Gasteiger partial charge in [0.1, 0.15) is 18.3 Å². The van der Waals surface area contributed by atoms with Crippen LogP contribution >= 0.6 is 11.6 Å². The van der Waals surface area contributed by atoms with Crippen LogP contribution < -0.4 is 14.4 Å². The smallest absolute Gasteiger partial charge is 0.244 e. The average Bonchev–Trinajstić information content (AvgIpc) is 2.79. The Morgan fingerprint density at radius 2 is 1.85 bits per heavy atom. The van der Waals surface area contributed by atoms with Crippen molar-refractivity contribution in [2.24, 2.45) is 0 Å². The lowest BCUT2D eigenvalue weighted by molar-refractivity contribution is -0.139. The molecule has 2 amide bonds. The summed E-state index contributed by atoms with van der Waals surface area (Å²) in [7, 11) is -2.34. The lowest BCUT2D eigenvalue weighted by Gasteiger charge is -2.31. The molecule has 0 saturated carbocycles. The number of halogens is 1. The van der Waals surface area contributed by atoms with Crippen LogP contribution in [0.3, 0.4) is 0 Å². The molecule has 0 aliphatic carbocycles. The van der Waals surface area contributed by atoms with Crippen molar-refractivity contribution in [3.8, 4) is 5.75 Å². The monoisotopic (exact) mass is 495 g/mol. The van der Waals surface area contributed by atoms with Crippen LogP contribution in [0, 0.1) is 0 Å². The summed E-state index contributed by atoms with van der Waals surface area (Å²) < 4.78 is 31.3. The maximum atomic E-state index is 13.4. The molecule has 0 unspecified atom stereocenters. The van der Waals surface area contributed by atoms with E-state index in [2.05, 4.69) is 5.32 Å². The van der Waals surface area contributed by atoms with Gasteiger partial charge in [-0.15, -0.1) is 0 Å². The van der Waals surface area contributed by atoms with Gasteiger partial charge in [-0.3, -0.25) is 13.9 Å². The van der Waals surface area contributed by atoms with Gasteiger partial charge in [-0.1, -0.05) is 42.8 Å². The molecule has 8 nitrogen and oxygen atoms in total. The number of ether oxygens (including phenoxy) is 1. The Hall–Kier alpha value is -2.78. The fourth-order valence-corrected chi connectivity index (χ4v) is 4.20. The summed E-state index contributed by atoms with van der Waals surface area (Å²) in [4.78, 5) is 27.4. The maximum Gasteiger partial charge on any atom is 0.244 e. The standard InChI is InChI=1S/C23H30ClN3O5S/c1-5-13-25-23(29)17(2)26(15-18-9-6-7-12-21(18)24)22(28)16-27(33(4,30)31)19-10-8-11-20(14-19)32-3/h6-12,14,17H,5,13,15-16H2,1-4H3,(H,25,29)/t17-/m0/s1. The molecule has 0 saturated heterocycles. The molecule has 1 N–H and O–H groups in total. The van der Waals surface area contributed by atoms with Crippen LogP contribution in [-0.2, 0) is 26.2 Å². The van der Waals surface area contributed by atoms with E-state index in [1.807, 2.05) is 6.92 Å². The van der Waals surface area contributed by atoms with Crippen LogP contribution in [-0.4, -0.2) is 57.6 Å². The highest BCUT2D eigenvalue weighted by molar-refractivity contribution is 7.92. The highest BCUT2D eigenvalue weighted by atomic mass is 35.5. The number of methoxy groups -OCH3 is 1. The molecule has 1 atom stereocenters. The molecule has 0 aromatic heterocycles. The highest BCUT2D eigenvalue weighted by Crippen LogP contribution is 2.24. The number of hydrogen-bond acceptors (Lipinski definition) is 5. The molecule has 0 aliphatic rings. The summed E-state index contributed by atoms with van der Waals surface area (Å²) in [5.41, 5.74) is 0.931. The lowest BCUT2D eigenvalue weighted by Crippen LogP contribution is -2.51. The first-order valence-corrected chi connectivity index (χ1v) is 12.7. The molecule has 33 heavy (non-hydrogen) atoms. The minimum atomic E-state index is -3.81. The third-order valence-electron chi connectivity index (χ3n) is 5.04. The van der Waals surface area contributed by atoms with Gasteiger partial charge >= 0.3 is 0 Å². The molecule has 0 bridgehead atoms. The van der Waals surface area contributed by atoms with Crippen molar-refractivity contribution in [3.05, 3.63) is 59.1 Å². The first kappa shape index (κ1) is 26.5. The molecule has 0 spiro atoms. The first-order valence-electron chi connectivity index (χ1n) is 10.5. The Morgan fingerprint density at radius 3 is 2.45 bits per heavy atom. The van der Waals surface area contributed by atoms with E-state index in [1.165, 1.54) is 18.1 Å². The molecule has 0 radical (unpaired) electrons. The summed E-state index contributed by atoms with van der Waals surface area (Å²) in [5, 5.41) is 3.23. The summed E-state index contributed by atoms with van der Waals surface area (Å²) in [6.45, 7) is 3.57. The van der Waals surface area contributed by atoms with Crippen LogP contribution in [0.25, 0.3) is 0 Å². The van der Waals surface area contributed by atoms with Crippen molar-refractivity contribution >= 4 is 39.1 Å². The Labute approximate surface area is 200 Å². The fraction of sp³-hybridized carbons (Fsp3) is 0.391. The zero-order chi connectivity index (χ0) is 24.6. The van der Waals surface area contributed by atoms with Crippen molar-refractivity contribution in [2.45, 2.75) is 32.9 Å². The molecule has 2 aromatic rings. The maximum absolute atomic E-state index is 13.4. The van der Waals surface area contributed by atoms with Crippen LogP contribution in [0.1, 0.15) is 25.8 Å². The molecular weight excluding hydrogens is 466 g/mol. The Morgan fingerprint density at radius 1 is 1.15 bits per heavy atom. The molecule has 2 rings (SSSR count). The van der Waals surface area contributed by atoms with E-state index < -0.39 is 28.5 Å². The lowest BCUT2D eigenvalue weighted by atomic mass is 10.1. The van der Waals surface area contributed by atoms with Gasteiger partial charge in [-0.05, 0) is 37.1 Å². The number of sulfonamides is 1. The largest absolute Gasteiger partial charge is 0.497 e. The van der Waals surface area contributed by atoms with Crippen molar-refractivity contribution < 1.29 is 22.7 Å². The van der Waals surface area contributed by atoms with E-state index in [9.17, 15) is 18.0 Å². The Kier molecular flexibility index (Phi) is 9.55. The van der Waals surface area contributed by atoms with Crippen molar-refractivity contribution in [2.75, 3.05) is 30.8 Å². The Balaban J connectivity index is 2.39. The van der Waals surface area contributed by atoms with E-state index in [0.717, 1.165) is 17.0 Å². The van der Waals surface area contributed by atoms with Gasteiger partial charge in [-0.25, -0.2) is 8.42 Å². The number of benzene rings is 2. The summed E-state index contributed by atoms with van der Waals surface area (Å²) in [6, 6.07) is 12.6. The Bertz CT molecular complexity index is 1080. The molecule has 0 aliphatic heterocycles. The highest BCUT2D eigenvalue weighted by Gasteiger charge is 2.30. The number of nitrogens with one attached hydrogen (secondary N) is 1. The number of carbonyl (C=O) groups is 2. The molecule has 0 heterocycles. The van der Waals surface area contributed by atoms with Gasteiger partial charge in [0.05, 0.1) is 19.1 Å². The van der Waals surface area contributed by atoms with Gasteiger partial charge in [0.15, 0.2) is 0 Å². The van der Waals surface area contributed by atoms with Crippen molar-refractivity contribution in [1.82, 2.24) is 10.2 Å². The van der Waals surface area contributed by atoms with Crippen molar-refractivity contribution in [3.63, 3.8) is 0 Å². The minimum absolute atomic E-state index is 0.0505. The zero-order valence-corrected chi connectivity index (χ0v) is 20.8. The van der Waals surface area contributed by atoms with E-state index in [4.69, 9.17) is 16.3 Å². The third-order valence-corrected chi connectivity index (χ3v) is 6.54. The van der Waals surface area contributed by atoms with E-state index in [-0.39, 0.29) is 18.1 Å².